The van der Waals surface area contributed by atoms with Gasteiger partial charge in [-0.25, -0.2) is 4.98 Å². The van der Waals surface area contributed by atoms with Crippen molar-refractivity contribution in [3.05, 3.63) is 194 Å². The van der Waals surface area contributed by atoms with E-state index in [1.807, 2.05) is 30.3 Å². The molecule has 4 heteroatoms. The quantitative estimate of drug-likeness (QED) is 0.173. The Labute approximate surface area is 317 Å². The van der Waals surface area contributed by atoms with Crippen molar-refractivity contribution >= 4 is 71.6 Å². The van der Waals surface area contributed by atoms with Gasteiger partial charge in [0.25, 0.3) is 0 Å². The van der Waals surface area contributed by atoms with E-state index in [2.05, 4.69) is 169 Å². The summed E-state index contributed by atoms with van der Waals surface area (Å²) in [6.07, 6.45) is 0. The Morgan fingerprint density at radius 1 is 0.364 bits per heavy atom. The number of aromatic nitrogens is 1. The minimum absolute atomic E-state index is 0.579. The zero-order valence-corrected chi connectivity index (χ0v) is 29.7. The van der Waals surface area contributed by atoms with Crippen LogP contribution in [0.4, 0.5) is 17.1 Å². The summed E-state index contributed by atoms with van der Waals surface area (Å²) in [6, 6.07) is 68.4. The fourth-order valence-corrected chi connectivity index (χ4v) is 8.00. The van der Waals surface area contributed by atoms with Gasteiger partial charge in [-0.05, 0) is 111 Å². The summed E-state index contributed by atoms with van der Waals surface area (Å²) in [5, 5.41) is 6.87. The number of oxazole rings is 1. The predicted molar refractivity (Wildman–Crippen MR) is 227 cm³/mol. The molecule has 0 fully saturated rings. The Morgan fingerprint density at radius 2 is 1.00 bits per heavy atom. The van der Waals surface area contributed by atoms with Crippen LogP contribution in [0.1, 0.15) is 0 Å². The highest BCUT2D eigenvalue weighted by molar-refractivity contribution is 6.21. The van der Waals surface area contributed by atoms with E-state index in [-0.39, 0.29) is 0 Å². The summed E-state index contributed by atoms with van der Waals surface area (Å²) in [5.41, 5.74) is 12.0. The van der Waals surface area contributed by atoms with E-state index in [0.717, 1.165) is 72.2 Å². The van der Waals surface area contributed by atoms with Crippen LogP contribution in [-0.2, 0) is 0 Å². The first-order chi connectivity index (χ1) is 27.2. The summed E-state index contributed by atoms with van der Waals surface area (Å²) in [7, 11) is 0. The molecule has 0 bridgehead atoms. The van der Waals surface area contributed by atoms with E-state index >= 15 is 0 Å². The highest BCUT2D eigenvalue weighted by Gasteiger charge is 2.20. The molecule has 0 unspecified atom stereocenters. The minimum atomic E-state index is 0.579. The van der Waals surface area contributed by atoms with Crippen LogP contribution >= 0.6 is 0 Å². The largest absolute Gasteiger partial charge is 0.456 e. The third-order valence-corrected chi connectivity index (χ3v) is 10.7. The van der Waals surface area contributed by atoms with Crippen molar-refractivity contribution in [3.63, 3.8) is 0 Å². The standard InChI is InChI=1S/C51H32N2O2/c1-2-10-33(11-3-1)35-18-24-40(25-19-35)53(42-28-20-34-12-4-5-13-37(34)30-42)41-26-21-36(22-27-41)49-43-15-7-6-14-38(43)31-48-50(49)44-29-23-39(32-47(44)54-48)51-52-45-16-8-9-17-46(45)55-51/h1-32H. The zero-order valence-electron chi connectivity index (χ0n) is 29.7. The van der Waals surface area contributed by atoms with Crippen molar-refractivity contribution in [2.75, 3.05) is 4.90 Å². The topological polar surface area (TPSA) is 42.4 Å². The van der Waals surface area contributed by atoms with Crippen LogP contribution in [0.2, 0.25) is 0 Å². The third-order valence-electron chi connectivity index (χ3n) is 10.7. The molecular weight excluding hydrogens is 673 g/mol. The van der Waals surface area contributed by atoms with Crippen molar-refractivity contribution in [2.45, 2.75) is 0 Å². The van der Waals surface area contributed by atoms with Gasteiger partial charge in [-0.15, -0.1) is 0 Å². The maximum atomic E-state index is 6.64. The SMILES string of the molecule is c1ccc(-c2ccc(N(c3ccc(-c4c5ccccc5cc5oc6cc(-c7nc8ccccc8o7)ccc6c45)cc3)c3ccc4ccccc4c3)cc2)cc1. The lowest BCUT2D eigenvalue weighted by atomic mass is 9.93. The third kappa shape index (κ3) is 5.34. The van der Waals surface area contributed by atoms with Crippen molar-refractivity contribution in [1.82, 2.24) is 4.98 Å². The van der Waals surface area contributed by atoms with Crippen LogP contribution in [0, 0.1) is 0 Å². The van der Waals surface area contributed by atoms with E-state index in [0.29, 0.717) is 5.89 Å². The molecule has 258 valence electrons. The molecule has 0 amide bonds. The van der Waals surface area contributed by atoms with Gasteiger partial charge in [-0.3, -0.25) is 0 Å². The Morgan fingerprint density at radius 3 is 1.80 bits per heavy atom. The molecule has 0 saturated carbocycles. The van der Waals surface area contributed by atoms with Crippen LogP contribution in [0.15, 0.2) is 203 Å². The summed E-state index contributed by atoms with van der Waals surface area (Å²) in [5.74, 6) is 0.579. The first kappa shape index (κ1) is 31.1. The molecular formula is C51H32N2O2. The number of furan rings is 1. The molecule has 55 heavy (non-hydrogen) atoms. The van der Waals surface area contributed by atoms with E-state index in [1.54, 1.807) is 0 Å². The Hall–Kier alpha value is -7.43. The van der Waals surface area contributed by atoms with Crippen LogP contribution in [0.5, 0.6) is 0 Å². The summed E-state index contributed by atoms with van der Waals surface area (Å²) in [6.45, 7) is 0. The Balaban J connectivity index is 1.05. The van der Waals surface area contributed by atoms with E-state index < -0.39 is 0 Å². The van der Waals surface area contributed by atoms with Crippen LogP contribution in [0.25, 0.3) is 88.3 Å². The first-order valence-electron chi connectivity index (χ1n) is 18.5. The summed E-state index contributed by atoms with van der Waals surface area (Å²) < 4.78 is 12.8. The monoisotopic (exact) mass is 704 g/mol. The number of hydrogen-bond acceptors (Lipinski definition) is 4. The number of anilines is 3. The number of benzene rings is 9. The van der Waals surface area contributed by atoms with E-state index in [9.17, 15) is 0 Å². The average molecular weight is 705 g/mol. The highest BCUT2D eigenvalue weighted by atomic mass is 16.3. The molecule has 0 aliphatic rings. The first-order valence-corrected chi connectivity index (χ1v) is 18.5. The maximum absolute atomic E-state index is 6.64. The fraction of sp³-hybridized carbons (Fsp3) is 0. The molecule has 0 radical (unpaired) electrons. The molecule has 11 aromatic rings. The smallest absolute Gasteiger partial charge is 0.227 e. The number of nitrogens with zero attached hydrogens (tertiary/aromatic N) is 2. The van der Waals surface area contributed by atoms with Gasteiger partial charge in [0.2, 0.25) is 5.89 Å². The molecule has 0 aliphatic heterocycles. The van der Waals surface area contributed by atoms with Gasteiger partial charge in [0.1, 0.15) is 16.7 Å². The molecule has 0 atom stereocenters. The fourth-order valence-electron chi connectivity index (χ4n) is 8.00. The number of rotatable bonds is 6. The number of para-hydroxylation sites is 2. The maximum Gasteiger partial charge on any atom is 0.227 e. The minimum Gasteiger partial charge on any atom is -0.456 e. The van der Waals surface area contributed by atoms with Crippen molar-refractivity contribution < 1.29 is 8.83 Å². The second-order valence-corrected chi connectivity index (χ2v) is 14.0. The normalized spacial score (nSPS) is 11.6. The Bertz CT molecular complexity index is 3160. The van der Waals surface area contributed by atoms with E-state index in [4.69, 9.17) is 13.8 Å². The summed E-state index contributed by atoms with van der Waals surface area (Å²) >= 11 is 0. The van der Waals surface area contributed by atoms with Gasteiger partial charge >= 0.3 is 0 Å². The molecule has 0 aliphatic carbocycles. The van der Waals surface area contributed by atoms with Gasteiger partial charge in [0.15, 0.2) is 5.58 Å². The molecule has 0 spiro atoms. The second kappa shape index (κ2) is 12.6. The highest BCUT2D eigenvalue weighted by Crippen LogP contribution is 2.44. The van der Waals surface area contributed by atoms with Gasteiger partial charge in [-0.2, -0.15) is 0 Å². The molecule has 4 nitrogen and oxygen atoms in total. The molecule has 0 saturated heterocycles. The van der Waals surface area contributed by atoms with Gasteiger partial charge < -0.3 is 13.7 Å². The van der Waals surface area contributed by atoms with Crippen molar-refractivity contribution in [3.8, 4) is 33.7 Å². The number of fused-ring (bicyclic) bond motifs is 6. The van der Waals surface area contributed by atoms with Gasteiger partial charge in [0, 0.05) is 39.0 Å². The molecule has 0 N–H and O–H groups in total. The second-order valence-electron chi connectivity index (χ2n) is 14.0. The molecule has 2 aromatic heterocycles. The molecule has 11 rings (SSSR count). The number of hydrogen-bond donors (Lipinski definition) is 0. The Kier molecular flexibility index (Phi) is 7.14. The molecule has 9 aromatic carbocycles. The predicted octanol–water partition coefficient (Wildman–Crippen LogP) is 14.5. The van der Waals surface area contributed by atoms with Crippen molar-refractivity contribution in [2.24, 2.45) is 0 Å². The van der Waals surface area contributed by atoms with Gasteiger partial charge in [0.05, 0.1) is 0 Å². The lowest BCUT2D eigenvalue weighted by Crippen LogP contribution is -2.09. The average Bonchev–Trinajstić information content (AvgIpc) is 3.85. The lowest BCUT2D eigenvalue weighted by molar-refractivity contribution is 0.619. The van der Waals surface area contributed by atoms with Crippen LogP contribution in [-0.4, -0.2) is 4.98 Å². The van der Waals surface area contributed by atoms with Crippen molar-refractivity contribution in [1.29, 1.82) is 0 Å². The lowest BCUT2D eigenvalue weighted by Gasteiger charge is -2.26. The van der Waals surface area contributed by atoms with E-state index in [1.165, 1.54) is 27.3 Å². The van der Waals surface area contributed by atoms with Crippen LogP contribution < -0.4 is 4.90 Å². The van der Waals surface area contributed by atoms with Gasteiger partial charge in [-0.1, -0.05) is 121 Å². The zero-order chi connectivity index (χ0) is 36.3. The summed E-state index contributed by atoms with van der Waals surface area (Å²) in [4.78, 5) is 7.08. The molecule has 2 heterocycles. The van der Waals surface area contributed by atoms with Crippen LogP contribution in [0.3, 0.4) is 0 Å².